The molecule has 0 bridgehead atoms. The molecule has 1 heterocycles. The molecule has 1 fully saturated rings. The minimum atomic E-state index is -3.81. The Morgan fingerprint density at radius 1 is 1.39 bits per heavy atom. The van der Waals surface area contributed by atoms with Gasteiger partial charge in [0, 0.05) is 18.7 Å². The van der Waals surface area contributed by atoms with Gasteiger partial charge in [-0.15, -0.1) is 0 Å². The van der Waals surface area contributed by atoms with E-state index in [0.717, 1.165) is 24.6 Å². The Balaban J connectivity index is 1.73. The Morgan fingerprint density at radius 3 is 2.74 bits per heavy atom. The first-order valence-corrected chi connectivity index (χ1v) is 8.75. The molecule has 0 saturated heterocycles. The first kappa shape index (κ1) is 15.9. The number of sulfonamides is 1. The summed E-state index contributed by atoms with van der Waals surface area (Å²) in [7, 11) is -0.635. The molecule has 0 unspecified atom stereocenters. The van der Waals surface area contributed by atoms with Crippen LogP contribution in [0.3, 0.4) is 0 Å². The minimum Gasteiger partial charge on any atom is -0.494 e. The van der Waals surface area contributed by atoms with E-state index in [-0.39, 0.29) is 17.2 Å². The predicted octanol–water partition coefficient (Wildman–Crippen LogP) is 1.92. The van der Waals surface area contributed by atoms with E-state index in [1.165, 1.54) is 19.2 Å². The number of nitrogens with zero attached hydrogens (tertiary/aromatic N) is 2. The molecule has 0 aliphatic heterocycles. The van der Waals surface area contributed by atoms with Gasteiger partial charge >= 0.3 is 0 Å². The van der Waals surface area contributed by atoms with Gasteiger partial charge in [-0.05, 0) is 37.1 Å². The zero-order valence-corrected chi connectivity index (χ0v) is 13.7. The molecule has 0 spiro atoms. The van der Waals surface area contributed by atoms with Crippen molar-refractivity contribution >= 4 is 10.0 Å². The maximum absolute atomic E-state index is 13.7. The van der Waals surface area contributed by atoms with Gasteiger partial charge in [-0.1, -0.05) is 0 Å². The SMILES string of the molecule is COc1ccc(S(=O)(=O)NCc2cc(C3CC3)n(C)n2)cc1F. The van der Waals surface area contributed by atoms with E-state index in [1.54, 1.807) is 4.68 Å². The van der Waals surface area contributed by atoms with Gasteiger partial charge in [-0.3, -0.25) is 4.68 Å². The van der Waals surface area contributed by atoms with E-state index in [9.17, 15) is 12.8 Å². The molecule has 1 N–H and O–H groups in total. The number of ether oxygens (including phenoxy) is 1. The van der Waals surface area contributed by atoms with Crippen molar-refractivity contribution in [2.75, 3.05) is 7.11 Å². The highest BCUT2D eigenvalue weighted by Gasteiger charge is 2.27. The lowest BCUT2D eigenvalue weighted by Gasteiger charge is -2.07. The molecule has 124 valence electrons. The molecule has 1 aliphatic rings. The topological polar surface area (TPSA) is 73.2 Å². The molecule has 6 nitrogen and oxygen atoms in total. The van der Waals surface area contributed by atoms with E-state index in [0.29, 0.717) is 11.6 Å². The lowest BCUT2D eigenvalue weighted by Crippen LogP contribution is -2.23. The van der Waals surface area contributed by atoms with Crippen molar-refractivity contribution in [3.8, 4) is 5.75 Å². The summed E-state index contributed by atoms with van der Waals surface area (Å²) in [5.41, 5.74) is 1.77. The summed E-state index contributed by atoms with van der Waals surface area (Å²) in [5.74, 6) is -0.180. The number of aryl methyl sites for hydroxylation is 1. The maximum Gasteiger partial charge on any atom is 0.241 e. The molecule has 0 radical (unpaired) electrons. The molecule has 8 heteroatoms. The van der Waals surface area contributed by atoms with Crippen LogP contribution < -0.4 is 9.46 Å². The number of benzene rings is 1. The summed E-state index contributed by atoms with van der Waals surface area (Å²) in [6.07, 6.45) is 2.30. The molecule has 1 aromatic carbocycles. The number of rotatable bonds is 6. The number of halogens is 1. The molecule has 2 aromatic rings. The second-order valence-corrected chi connectivity index (χ2v) is 7.35. The lowest BCUT2D eigenvalue weighted by molar-refractivity contribution is 0.385. The van der Waals surface area contributed by atoms with E-state index in [4.69, 9.17) is 4.74 Å². The van der Waals surface area contributed by atoms with Crippen LogP contribution in [0.4, 0.5) is 4.39 Å². The first-order chi connectivity index (χ1) is 10.9. The van der Waals surface area contributed by atoms with Crippen molar-refractivity contribution in [2.45, 2.75) is 30.2 Å². The Kier molecular flexibility index (Phi) is 4.11. The molecule has 1 saturated carbocycles. The fraction of sp³-hybridized carbons (Fsp3) is 0.400. The van der Waals surface area contributed by atoms with Gasteiger partial charge in [0.15, 0.2) is 11.6 Å². The highest BCUT2D eigenvalue weighted by molar-refractivity contribution is 7.89. The van der Waals surface area contributed by atoms with Crippen LogP contribution in [0, 0.1) is 5.82 Å². The standard InChI is InChI=1S/C15H18FN3O3S/c1-19-14(10-3-4-10)7-11(18-19)9-17-23(20,21)12-5-6-15(22-2)13(16)8-12/h5-8,10,17H,3-4,9H2,1-2H3. The predicted molar refractivity (Wildman–Crippen MR) is 82.2 cm³/mol. The van der Waals surface area contributed by atoms with Gasteiger partial charge in [0.1, 0.15) is 0 Å². The normalized spacial score (nSPS) is 14.9. The maximum atomic E-state index is 13.7. The van der Waals surface area contributed by atoms with Gasteiger partial charge in [-0.25, -0.2) is 17.5 Å². The average Bonchev–Trinajstić information content (AvgIpc) is 3.28. The third-order valence-corrected chi connectivity index (χ3v) is 5.24. The quantitative estimate of drug-likeness (QED) is 0.873. The third-order valence-electron chi connectivity index (χ3n) is 3.84. The van der Waals surface area contributed by atoms with Gasteiger partial charge in [0.2, 0.25) is 10.0 Å². The van der Waals surface area contributed by atoms with Crippen LogP contribution in [0.1, 0.15) is 30.1 Å². The third kappa shape index (κ3) is 3.37. The van der Waals surface area contributed by atoms with Crippen molar-refractivity contribution in [2.24, 2.45) is 7.05 Å². The monoisotopic (exact) mass is 339 g/mol. The highest BCUT2D eigenvalue weighted by Crippen LogP contribution is 2.39. The van der Waals surface area contributed by atoms with Crippen LogP contribution in [0.2, 0.25) is 0 Å². The van der Waals surface area contributed by atoms with Crippen LogP contribution in [-0.2, 0) is 23.6 Å². The Labute approximate surface area is 134 Å². The summed E-state index contributed by atoms with van der Waals surface area (Å²) in [6.45, 7) is 0.0660. The molecule has 1 aromatic heterocycles. The fourth-order valence-corrected chi connectivity index (χ4v) is 3.47. The van der Waals surface area contributed by atoms with Crippen LogP contribution in [0.5, 0.6) is 5.75 Å². The summed E-state index contributed by atoms with van der Waals surface area (Å²) < 4.78 is 47.2. The van der Waals surface area contributed by atoms with Gasteiger partial charge < -0.3 is 4.74 Å². The molecular formula is C15H18FN3O3S. The van der Waals surface area contributed by atoms with E-state index >= 15 is 0 Å². The van der Waals surface area contributed by atoms with E-state index in [2.05, 4.69) is 9.82 Å². The second kappa shape index (κ2) is 5.93. The first-order valence-electron chi connectivity index (χ1n) is 7.27. The van der Waals surface area contributed by atoms with E-state index < -0.39 is 15.8 Å². The van der Waals surface area contributed by atoms with Crippen molar-refractivity contribution in [3.63, 3.8) is 0 Å². The number of nitrogens with one attached hydrogen (secondary N) is 1. The van der Waals surface area contributed by atoms with Gasteiger partial charge in [0.25, 0.3) is 0 Å². The van der Waals surface area contributed by atoms with Crippen LogP contribution in [0.15, 0.2) is 29.2 Å². The number of aromatic nitrogens is 2. The molecular weight excluding hydrogens is 321 g/mol. The lowest BCUT2D eigenvalue weighted by atomic mass is 10.2. The Bertz CT molecular complexity index is 828. The largest absolute Gasteiger partial charge is 0.494 e. The number of hydrogen-bond donors (Lipinski definition) is 1. The molecule has 1 aliphatic carbocycles. The molecule has 0 atom stereocenters. The van der Waals surface area contributed by atoms with Crippen LogP contribution in [0.25, 0.3) is 0 Å². The smallest absolute Gasteiger partial charge is 0.241 e. The van der Waals surface area contributed by atoms with Crippen LogP contribution in [-0.4, -0.2) is 25.3 Å². The molecule has 0 amide bonds. The summed E-state index contributed by atoms with van der Waals surface area (Å²) in [4.78, 5) is -0.144. The second-order valence-electron chi connectivity index (χ2n) is 5.58. The van der Waals surface area contributed by atoms with Crippen molar-refractivity contribution in [1.82, 2.24) is 14.5 Å². The van der Waals surface area contributed by atoms with E-state index in [1.807, 2.05) is 13.1 Å². The molecule has 3 rings (SSSR count). The Morgan fingerprint density at radius 2 is 2.13 bits per heavy atom. The minimum absolute atomic E-state index is 0.00255. The van der Waals surface area contributed by atoms with Crippen molar-refractivity contribution in [1.29, 1.82) is 0 Å². The zero-order valence-electron chi connectivity index (χ0n) is 12.9. The summed E-state index contributed by atoms with van der Waals surface area (Å²) in [6, 6.07) is 5.44. The van der Waals surface area contributed by atoms with Crippen LogP contribution >= 0.6 is 0 Å². The zero-order chi connectivity index (χ0) is 16.6. The van der Waals surface area contributed by atoms with Gasteiger partial charge in [0.05, 0.1) is 24.2 Å². The molecule has 23 heavy (non-hydrogen) atoms. The van der Waals surface area contributed by atoms with Crippen molar-refractivity contribution < 1.29 is 17.5 Å². The summed E-state index contributed by atoms with van der Waals surface area (Å²) >= 11 is 0. The average molecular weight is 339 g/mol. The number of hydrogen-bond acceptors (Lipinski definition) is 4. The van der Waals surface area contributed by atoms with Crippen molar-refractivity contribution in [3.05, 3.63) is 41.5 Å². The summed E-state index contributed by atoms with van der Waals surface area (Å²) in [5, 5.41) is 4.31. The fourth-order valence-electron chi connectivity index (χ4n) is 2.46. The number of methoxy groups -OCH3 is 1. The van der Waals surface area contributed by atoms with Gasteiger partial charge in [-0.2, -0.15) is 5.10 Å². The highest BCUT2D eigenvalue weighted by atomic mass is 32.2. The Hall–Kier alpha value is -1.93.